The van der Waals surface area contributed by atoms with E-state index < -0.39 is 0 Å². The van der Waals surface area contributed by atoms with Gasteiger partial charge in [0, 0.05) is 29.6 Å². The van der Waals surface area contributed by atoms with Crippen LogP contribution in [0.2, 0.25) is 0 Å². The first-order chi connectivity index (χ1) is 16.0. The van der Waals surface area contributed by atoms with Gasteiger partial charge in [-0.15, -0.1) is 11.8 Å². The molecule has 0 saturated carbocycles. The smallest absolute Gasteiger partial charge is 0.265 e. The van der Waals surface area contributed by atoms with Gasteiger partial charge >= 0.3 is 0 Å². The molecule has 1 aliphatic rings. The minimum Gasteiger partial charge on any atom is -0.497 e. The van der Waals surface area contributed by atoms with Crippen molar-refractivity contribution in [2.75, 3.05) is 47.3 Å². The number of rotatable bonds is 9. The molecule has 0 N–H and O–H groups in total. The summed E-state index contributed by atoms with van der Waals surface area (Å²) >= 11 is 1.38. The molecular formula is C24H28N2O6S. The van der Waals surface area contributed by atoms with Crippen LogP contribution in [0.25, 0.3) is 6.08 Å². The van der Waals surface area contributed by atoms with Crippen molar-refractivity contribution in [1.82, 2.24) is 10.0 Å². The van der Waals surface area contributed by atoms with Crippen molar-refractivity contribution in [3.63, 3.8) is 0 Å². The SMILES string of the molecule is COc1ccc(OC)c(C=CC(=O)N2CCCN2C(=O)CSc2ccc(OC)c(OC)c2)c1. The standard InChI is InChI=1S/C24H28N2O6S/c1-29-18-7-9-20(30-2)17(14-18)6-11-23(27)25-12-5-13-26(25)24(28)16-33-19-8-10-21(31-3)22(15-19)32-4/h6-11,14-15H,5,12-13,16H2,1-4H3. The van der Waals surface area contributed by atoms with Crippen LogP contribution in [0.15, 0.2) is 47.4 Å². The Labute approximate surface area is 198 Å². The average Bonchev–Trinajstić information content (AvgIpc) is 3.35. The lowest BCUT2D eigenvalue weighted by atomic mass is 10.1. The van der Waals surface area contributed by atoms with Gasteiger partial charge in [-0.1, -0.05) is 0 Å². The van der Waals surface area contributed by atoms with E-state index in [-0.39, 0.29) is 17.6 Å². The number of nitrogens with zero attached hydrogens (tertiary/aromatic N) is 2. The number of carbonyl (C=O) groups excluding carboxylic acids is 2. The topological polar surface area (TPSA) is 77.5 Å². The summed E-state index contributed by atoms with van der Waals surface area (Å²) in [5, 5.41) is 3.00. The zero-order chi connectivity index (χ0) is 23.8. The number of thioether (sulfide) groups is 1. The number of amides is 2. The first-order valence-electron chi connectivity index (χ1n) is 10.4. The van der Waals surface area contributed by atoms with Crippen molar-refractivity contribution in [2.24, 2.45) is 0 Å². The van der Waals surface area contributed by atoms with E-state index in [0.717, 1.165) is 11.3 Å². The second kappa shape index (κ2) is 11.5. The lowest BCUT2D eigenvalue weighted by Crippen LogP contribution is -2.44. The summed E-state index contributed by atoms with van der Waals surface area (Å²) in [6.07, 6.45) is 3.85. The van der Waals surface area contributed by atoms with Gasteiger partial charge in [0.05, 0.1) is 34.2 Å². The Morgan fingerprint density at radius 1 is 0.879 bits per heavy atom. The minimum atomic E-state index is -0.262. The first kappa shape index (κ1) is 24.3. The maximum Gasteiger partial charge on any atom is 0.265 e. The molecule has 1 fully saturated rings. The van der Waals surface area contributed by atoms with E-state index in [9.17, 15) is 9.59 Å². The Kier molecular flexibility index (Phi) is 8.48. The molecule has 1 saturated heterocycles. The van der Waals surface area contributed by atoms with Crippen LogP contribution >= 0.6 is 11.8 Å². The van der Waals surface area contributed by atoms with E-state index in [1.807, 2.05) is 12.1 Å². The Morgan fingerprint density at radius 3 is 2.27 bits per heavy atom. The lowest BCUT2D eigenvalue weighted by molar-refractivity contribution is -0.152. The Balaban J connectivity index is 1.65. The molecule has 0 aliphatic carbocycles. The van der Waals surface area contributed by atoms with E-state index in [2.05, 4.69) is 0 Å². The summed E-state index contributed by atoms with van der Waals surface area (Å²) in [6.45, 7) is 0.999. The summed E-state index contributed by atoms with van der Waals surface area (Å²) in [6, 6.07) is 10.9. The number of methoxy groups -OCH3 is 4. The van der Waals surface area contributed by atoms with Crippen molar-refractivity contribution in [3.05, 3.63) is 48.0 Å². The molecule has 3 rings (SSSR count). The normalized spacial score (nSPS) is 13.3. The third-order valence-electron chi connectivity index (χ3n) is 5.13. The van der Waals surface area contributed by atoms with E-state index in [4.69, 9.17) is 18.9 Å². The van der Waals surface area contributed by atoms with Crippen molar-refractivity contribution in [2.45, 2.75) is 11.3 Å². The number of carbonyl (C=O) groups is 2. The van der Waals surface area contributed by atoms with Crippen LogP contribution < -0.4 is 18.9 Å². The van der Waals surface area contributed by atoms with Gasteiger partial charge in [-0.3, -0.25) is 14.6 Å². The highest BCUT2D eigenvalue weighted by Gasteiger charge is 2.29. The van der Waals surface area contributed by atoms with Gasteiger partial charge in [-0.05, 0) is 48.9 Å². The highest BCUT2D eigenvalue weighted by Crippen LogP contribution is 2.32. The minimum absolute atomic E-state index is 0.131. The highest BCUT2D eigenvalue weighted by atomic mass is 32.2. The highest BCUT2D eigenvalue weighted by molar-refractivity contribution is 8.00. The van der Waals surface area contributed by atoms with E-state index in [1.54, 1.807) is 58.8 Å². The first-order valence-corrected chi connectivity index (χ1v) is 11.4. The summed E-state index contributed by atoms with van der Waals surface area (Å²) in [5.41, 5.74) is 0.714. The Bertz CT molecular complexity index is 1030. The summed E-state index contributed by atoms with van der Waals surface area (Å²) < 4.78 is 21.2. The van der Waals surface area contributed by atoms with Crippen molar-refractivity contribution < 1.29 is 28.5 Å². The monoisotopic (exact) mass is 472 g/mol. The molecule has 0 atom stereocenters. The summed E-state index contributed by atoms with van der Waals surface area (Å²) in [7, 11) is 6.29. The third-order valence-corrected chi connectivity index (χ3v) is 6.11. The van der Waals surface area contributed by atoms with Crippen LogP contribution in [0.5, 0.6) is 23.0 Å². The molecule has 2 aromatic carbocycles. The number of hydrazine groups is 1. The van der Waals surface area contributed by atoms with E-state index in [0.29, 0.717) is 41.7 Å². The number of hydrogen-bond acceptors (Lipinski definition) is 7. The van der Waals surface area contributed by atoms with Crippen LogP contribution in [-0.2, 0) is 9.59 Å². The van der Waals surface area contributed by atoms with Gasteiger partial charge in [0.25, 0.3) is 11.8 Å². The van der Waals surface area contributed by atoms with Gasteiger partial charge in [-0.2, -0.15) is 0 Å². The molecule has 1 aliphatic heterocycles. The molecule has 9 heteroatoms. The molecular weight excluding hydrogens is 444 g/mol. The average molecular weight is 473 g/mol. The second-order valence-corrected chi connectivity index (χ2v) is 8.13. The lowest BCUT2D eigenvalue weighted by Gasteiger charge is -2.26. The maximum absolute atomic E-state index is 12.9. The summed E-state index contributed by atoms with van der Waals surface area (Å²) in [4.78, 5) is 26.6. The molecule has 8 nitrogen and oxygen atoms in total. The van der Waals surface area contributed by atoms with Gasteiger partial charge < -0.3 is 18.9 Å². The molecule has 1 heterocycles. The fourth-order valence-corrected chi connectivity index (χ4v) is 4.24. The molecule has 0 radical (unpaired) electrons. The second-order valence-electron chi connectivity index (χ2n) is 7.08. The quantitative estimate of drug-likeness (QED) is 0.408. The molecule has 2 amide bonds. The van der Waals surface area contributed by atoms with Crippen LogP contribution in [0.4, 0.5) is 0 Å². The molecule has 2 aromatic rings. The van der Waals surface area contributed by atoms with Crippen molar-refractivity contribution >= 4 is 29.7 Å². The Hall–Kier alpha value is -3.33. The molecule has 0 aromatic heterocycles. The van der Waals surface area contributed by atoms with Gasteiger partial charge in [0.1, 0.15) is 11.5 Å². The maximum atomic E-state index is 12.9. The van der Waals surface area contributed by atoms with Crippen molar-refractivity contribution in [3.8, 4) is 23.0 Å². The van der Waals surface area contributed by atoms with Crippen LogP contribution in [0, 0.1) is 0 Å². The number of benzene rings is 2. The van der Waals surface area contributed by atoms with E-state index in [1.165, 1.54) is 27.9 Å². The molecule has 176 valence electrons. The van der Waals surface area contributed by atoms with Crippen LogP contribution in [-0.4, -0.2) is 69.1 Å². The van der Waals surface area contributed by atoms with Crippen LogP contribution in [0.3, 0.4) is 0 Å². The third kappa shape index (κ3) is 5.92. The predicted octanol–water partition coefficient (Wildman–Crippen LogP) is 3.50. The largest absolute Gasteiger partial charge is 0.497 e. The fourth-order valence-electron chi connectivity index (χ4n) is 3.44. The van der Waals surface area contributed by atoms with Gasteiger partial charge in [0.15, 0.2) is 11.5 Å². The summed E-state index contributed by atoms with van der Waals surface area (Å²) in [5.74, 6) is 2.32. The molecule has 0 bridgehead atoms. The zero-order valence-electron chi connectivity index (χ0n) is 19.2. The number of hydrogen-bond donors (Lipinski definition) is 0. The van der Waals surface area contributed by atoms with Gasteiger partial charge in [0.2, 0.25) is 0 Å². The molecule has 0 spiro atoms. The van der Waals surface area contributed by atoms with Crippen LogP contribution in [0.1, 0.15) is 12.0 Å². The van der Waals surface area contributed by atoms with Gasteiger partial charge in [-0.25, -0.2) is 5.01 Å². The predicted molar refractivity (Wildman–Crippen MR) is 127 cm³/mol. The number of ether oxygens (including phenoxy) is 4. The molecule has 33 heavy (non-hydrogen) atoms. The van der Waals surface area contributed by atoms with Crippen molar-refractivity contribution in [1.29, 1.82) is 0 Å². The van der Waals surface area contributed by atoms with E-state index >= 15 is 0 Å². The Morgan fingerprint density at radius 2 is 1.58 bits per heavy atom. The molecule has 0 unspecified atom stereocenters. The zero-order valence-corrected chi connectivity index (χ0v) is 20.0. The fraction of sp³-hybridized carbons (Fsp3) is 0.333.